The molecule has 0 radical (unpaired) electrons. The van der Waals surface area contributed by atoms with Gasteiger partial charge in [0.25, 0.3) is 0 Å². The van der Waals surface area contributed by atoms with E-state index in [-0.39, 0.29) is 11.2 Å². The second-order valence-corrected chi connectivity index (χ2v) is 3.44. The van der Waals surface area contributed by atoms with E-state index in [0.717, 1.165) is 0 Å². The first-order chi connectivity index (χ1) is 5.54. The molecule has 0 aromatic heterocycles. The molecule has 0 atom stereocenters. The average molecular weight is 167 g/mol. The summed E-state index contributed by atoms with van der Waals surface area (Å²) in [4.78, 5) is 11.4. The summed E-state index contributed by atoms with van der Waals surface area (Å²) < 4.78 is 0. The zero-order valence-corrected chi connectivity index (χ0v) is 8.11. The number of Topliss-reactive ketones (excluding diaryl/α,β-unsaturated/α-hetero) is 1. The Morgan fingerprint density at radius 3 is 2.50 bits per heavy atom. The second kappa shape index (κ2) is 4.95. The van der Waals surface area contributed by atoms with Crippen molar-refractivity contribution in [2.75, 3.05) is 6.54 Å². The molecule has 2 heteroatoms. The van der Waals surface area contributed by atoms with Crippen LogP contribution in [-0.2, 0) is 4.79 Å². The molecule has 0 heterocycles. The van der Waals surface area contributed by atoms with Crippen LogP contribution in [0.5, 0.6) is 0 Å². The Morgan fingerprint density at radius 1 is 1.50 bits per heavy atom. The van der Waals surface area contributed by atoms with Crippen LogP contribution in [-0.4, -0.2) is 12.3 Å². The number of nitrogens with two attached hydrogens (primary N) is 1. The standard InChI is InChI=1S/C10H17NO/c1-4-5-6-7-9(12)10(2,3)8-11/h6-8,11H2,1-3H3. The van der Waals surface area contributed by atoms with Crippen LogP contribution in [0.3, 0.4) is 0 Å². The fourth-order valence-corrected chi connectivity index (χ4v) is 0.753. The average Bonchev–Trinajstić information content (AvgIpc) is 2.05. The number of hydrogen-bond donors (Lipinski definition) is 1. The van der Waals surface area contributed by atoms with Crippen LogP contribution < -0.4 is 5.73 Å². The molecule has 0 spiro atoms. The van der Waals surface area contributed by atoms with Crippen LogP contribution in [0.2, 0.25) is 0 Å². The Hall–Kier alpha value is -0.810. The molecule has 0 unspecified atom stereocenters. The first-order valence-electron chi connectivity index (χ1n) is 4.17. The van der Waals surface area contributed by atoms with Gasteiger partial charge in [-0.3, -0.25) is 4.79 Å². The van der Waals surface area contributed by atoms with Gasteiger partial charge in [-0.2, -0.15) is 0 Å². The predicted molar refractivity (Wildman–Crippen MR) is 50.5 cm³/mol. The van der Waals surface area contributed by atoms with Crippen molar-refractivity contribution in [1.82, 2.24) is 0 Å². The monoisotopic (exact) mass is 167 g/mol. The normalized spacial score (nSPS) is 10.3. The third-order valence-electron chi connectivity index (χ3n) is 1.92. The molecule has 0 amide bonds. The van der Waals surface area contributed by atoms with Gasteiger partial charge in [-0.15, -0.1) is 11.8 Å². The molecule has 0 saturated carbocycles. The highest BCUT2D eigenvalue weighted by molar-refractivity contribution is 5.84. The van der Waals surface area contributed by atoms with Crippen LogP contribution in [0.4, 0.5) is 0 Å². The molecule has 0 rings (SSSR count). The first-order valence-corrected chi connectivity index (χ1v) is 4.17. The van der Waals surface area contributed by atoms with Gasteiger partial charge in [-0.1, -0.05) is 13.8 Å². The number of carbonyl (C=O) groups excluding carboxylic acids is 1. The van der Waals surface area contributed by atoms with Crippen LogP contribution in [0.15, 0.2) is 0 Å². The van der Waals surface area contributed by atoms with Crippen molar-refractivity contribution in [2.24, 2.45) is 11.1 Å². The quantitative estimate of drug-likeness (QED) is 0.642. The molecule has 0 aliphatic rings. The molecule has 0 fully saturated rings. The summed E-state index contributed by atoms with van der Waals surface area (Å²) in [6, 6.07) is 0. The lowest BCUT2D eigenvalue weighted by Gasteiger charge is -2.19. The molecule has 2 nitrogen and oxygen atoms in total. The Balaban J connectivity index is 3.93. The minimum absolute atomic E-state index is 0.202. The van der Waals surface area contributed by atoms with E-state index in [4.69, 9.17) is 5.73 Å². The van der Waals surface area contributed by atoms with Gasteiger partial charge in [0.15, 0.2) is 0 Å². The minimum atomic E-state index is -0.380. The van der Waals surface area contributed by atoms with Gasteiger partial charge in [0, 0.05) is 24.8 Å². The topological polar surface area (TPSA) is 43.1 Å². The molecule has 0 aromatic rings. The van der Waals surface area contributed by atoms with Gasteiger partial charge in [0.1, 0.15) is 5.78 Å². The van der Waals surface area contributed by atoms with Crippen molar-refractivity contribution in [1.29, 1.82) is 0 Å². The van der Waals surface area contributed by atoms with E-state index in [0.29, 0.717) is 19.4 Å². The fraction of sp³-hybridized carbons (Fsp3) is 0.700. The zero-order chi connectivity index (χ0) is 9.61. The maximum absolute atomic E-state index is 11.4. The number of ketones is 1. The van der Waals surface area contributed by atoms with Crippen molar-refractivity contribution < 1.29 is 4.79 Å². The molecule has 0 aliphatic heterocycles. The van der Waals surface area contributed by atoms with Crippen LogP contribution >= 0.6 is 0 Å². The van der Waals surface area contributed by atoms with Crippen molar-refractivity contribution >= 4 is 5.78 Å². The lowest BCUT2D eigenvalue weighted by atomic mass is 9.86. The molecule has 12 heavy (non-hydrogen) atoms. The first kappa shape index (κ1) is 11.2. The Morgan fingerprint density at radius 2 is 2.08 bits per heavy atom. The van der Waals surface area contributed by atoms with E-state index < -0.39 is 0 Å². The van der Waals surface area contributed by atoms with E-state index in [1.807, 2.05) is 13.8 Å². The Bertz CT molecular complexity index is 208. The fourth-order valence-electron chi connectivity index (χ4n) is 0.753. The van der Waals surface area contributed by atoms with E-state index in [1.165, 1.54) is 0 Å². The van der Waals surface area contributed by atoms with E-state index >= 15 is 0 Å². The second-order valence-electron chi connectivity index (χ2n) is 3.44. The van der Waals surface area contributed by atoms with Crippen molar-refractivity contribution in [3.05, 3.63) is 0 Å². The highest BCUT2D eigenvalue weighted by Gasteiger charge is 2.24. The van der Waals surface area contributed by atoms with Gasteiger partial charge < -0.3 is 5.73 Å². The third kappa shape index (κ3) is 3.54. The minimum Gasteiger partial charge on any atom is -0.329 e. The van der Waals surface area contributed by atoms with Gasteiger partial charge in [-0.25, -0.2) is 0 Å². The maximum atomic E-state index is 11.4. The van der Waals surface area contributed by atoms with Gasteiger partial charge in [-0.05, 0) is 6.92 Å². The van der Waals surface area contributed by atoms with Gasteiger partial charge in [0.2, 0.25) is 0 Å². The molecular formula is C10H17NO. The Kier molecular flexibility index (Phi) is 4.61. The molecule has 0 aliphatic carbocycles. The van der Waals surface area contributed by atoms with Gasteiger partial charge >= 0.3 is 0 Å². The summed E-state index contributed by atoms with van der Waals surface area (Å²) in [7, 11) is 0. The molecule has 0 saturated heterocycles. The molecule has 0 aromatic carbocycles. The highest BCUT2D eigenvalue weighted by atomic mass is 16.1. The summed E-state index contributed by atoms with van der Waals surface area (Å²) in [6.45, 7) is 5.92. The summed E-state index contributed by atoms with van der Waals surface area (Å²) in [6.07, 6.45) is 1.17. The zero-order valence-electron chi connectivity index (χ0n) is 8.11. The molecule has 0 bridgehead atoms. The number of hydrogen-bond acceptors (Lipinski definition) is 2. The third-order valence-corrected chi connectivity index (χ3v) is 1.92. The number of rotatable bonds is 4. The SMILES string of the molecule is CC#CCCC(=O)C(C)(C)CN. The van der Waals surface area contributed by atoms with Gasteiger partial charge in [0.05, 0.1) is 0 Å². The van der Waals surface area contributed by atoms with E-state index in [2.05, 4.69) is 11.8 Å². The maximum Gasteiger partial charge on any atom is 0.140 e. The summed E-state index contributed by atoms with van der Waals surface area (Å²) >= 11 is 0. The largest absolute Gasteiger partial charge is 0.329 e. The lowest BCUT2D eigenvalue weighted by Crippen LogP contribution is -2.32. The van der Waals surface area contributed by atoms with Crippen LogP contribution in [0.25, 0.3) is 0 Å². The lowest BCUT2D eigenvalue weighted by molar-refractivity contribution is -0.126. The Labute approximate surface area is 74.5 Å². The summed E-state index contributed by atoms with van der Waals surface area (Å²) in [5.41, 5.74) is 5.08. The van der Waals surface area contributed by atoms with Crippen molar-refractivity contribution in [2.45, 2.75) is 33.6 Å². The molecule has 2 N–H and O–H groups in total. The number of carbonyl (C=O) groups is 1. The van der Waals surface area contributed by atoms with Crippen LogP contribution in [0, 0.1) is 17.3 Å². The van der Waals surface area contributed by atoms with Crippen LogP contribution in [0.1, 0.15) is 33.6 Å². The highest BCUT2D eigenvalue weighted by Crippen LogP contribution is 2.16. The molecular weight excluding hydrogens is 150 g/mol. The smallest absolute Gasteiger partial charge is 0.140 e. The van der Waals surface area contributed by atoms with Crippen molar-refractivity contribution in [3.8, 4) is 11.8 Å². The van der Waals surface area contributed by atoms with E-state index in [9.17, 15) is 4.79 Å². The summed E-state index contributed by atoms with van der Waals surface area (Å²) in [5.74, 6) is 5.82. The molecule has 68 valence electrons. The van der Waals surface area contributed by atoms with Crippen molar-refractivity contribution in [3.63, 3.8) is 0 Å². The summed E-state index contributed by atoms with van der Waals surface area (Å²) in [5, 5.41) is 0. The van der Waals surface area contributed by atoms with E-state index in [1.54, 1.807) is 6.92 Å². The predicted octanol–water partition coefficient (Wildman–Crippen LogP) is 1.34.